The Bertz CT molecular complexity index is 526. The first kappa shape index (κ1) is 20.9. The molecule has 3 rings (SSSR count). The molecule has 5 atom stereocenters. The van der Waals surface area contributed by atoms with Crippen molar-refractivity contribution >= 4 is 11.9 Å². The second kappa shape index (κ2) is 9.51. The van der Waals surface area contributed by atoms with Gasteiger partial charge in [0.15, 0.2) is 0 Å². The van der Waals surface area contributed by atoms with E-state index in [4.69, 9.17) is 18.9 Å². The molecule has 148 valence electrons. The van der Waals surface area contributed by atoms with Crippen LogP contribution in [0.25, 0.3) is 0 Å². The molecule has 0 N–H and O–H groups in total. The minimum absolute atomic E-state index is 0.00928. The van der Waals surface area contributed by atoms with E-state index < -0.39 is 11.8 Å². The van der Waals surface area contributed by atoms with E-state index in [-0.39, 0.29) is 37.0 Å². The molecule has 0 aromatic rings. The van der Waals surface area contributed by atoms with E-state index in [0.29, 0.717) is 25.0 Å². The number of fused-ring (bicyclic) bond motifs is 2. The van der Waals surface area contributed by atoms with Crippen molar-refractivity contribution in [1.82, 2.24) is 0 Å². The second-order valence-electron chi connectivity index (χ2n) is 7.61. The Labute approximate surface area is 156 Å². The van der Waals surface area contributed by atoms with Crippen molar-refractivity contribution in [2.75, 3.05) is 40.6 Å². The van der Waals surface area contributed by atoms with Gasteiger partial charge >= 0.3 is 11.9 Å². The van der Waals surface area contributed by atoms with E-state index in [1.165, 1.54) is 5.57 Å². The van der Waals surface area contributed by atoms with Gasteiger partial charge in [0.05, 0.1) is 25.0 Å². The Balaban J connectivity index is 2.24. The Kier molecular flexibility index (Phi) is 7.65. The van der Waals surface area contributed by atoms with Crippen molar-refractivity contribution < 1.29 is 28.5 Å². The Morgan fingerprint density at radius 2 is 1.54 bits per heavy atom. The molecule has 6 heteroatoms. The molecule has 0 spiro atoms. The van der Waals surface area contributed by atoms with Gasteiger partial charge in [-0.05, 0) is 37.0 Å². The molecule has 0 aromatic carbocycles. The molecular formula is C20H32O6. The van der Waals surface area contributed by atoms with Gasteiger partial charge < -0.3 is 18.9 Å². The van der Waals surface area contributed by atoms with Crippen LogP contribution >= 0.6 is 0 Å². The third-order valence-corrected chi connectivity index (χ3v) is 5.76. The first-order valence-corrected chi connectivity index (χ1v) is 9.41. The minimum Gasteiger partial charge on any atom is -0.463 e. The zero-order valence-electron chi connectivity index (χ0n) is 16.5. The van der Waals surface area contributed by atoms with Crippen LogP contribution in [0, 0.1) is 35.5 Å². The summed E-state index contributed by atoms with van der Waals surface area (Å²) in [5.41, 5.74) is 1.18. The lowest BCUT2D eigenvalue weighted by Crippen LogP contribution is -2.52. The standard InChI is InChI=1S/C20H32O6/c1-12(2)14-11-15-13(3)10-16(14)18(20(22)26-9-7-24-5)17(15)19(21)25-8-6-23-4/h10,12,14-18H,6-9,11H2,1-5H3/t14?,15-,16-,17+,18+/m0/s1. The predicted molar refractivity (Wildman–Crippen MR) is 96.3 cm³/mol. The number of rotatable bonds is 9. The molecule has 0 radical (unpaired) electrons. The Morgan fingerprint density at radius 1 is 1.00 bits per heavy atom. The predicted octanol–water partition coefficient (Wildman–Crippen LogP) is 2.47. The number of hydrogen-bond acceptors (Lipinski definition) is 6. The summed E-state index contributed by atoms with van der Waals surface area (Å²) in [6, 6.07) is 0. The molecule has 3 aliphatic rings. The van der Waals surface area contributed by atoms with Crippen LogP contribution in [0.4, 0.5) is 0 Å². The molecule has 0 heterocycles. The normalized spacial score (nSPS) is 30.2. The van der Waals surface area contributed by atoms with Crippen LogP contribution in [-0.4, -0.2) is 52.6 Å². The number of methoxy groups -OCH3 is 2. The highest BCUT2D eigenvalue weighted by molar-refractivity contribution is 5.84. The first-order valence-electron chi connectivity index (χ1n) is 9.41. The molecule has 0 saturated heterocycles. The van der Waals surface area contributed by atoms with Crippen LogP contribution in [0.1, 0.15) is 27.2 Å². The SMILES string of the molecule is COCCOC(=O)[C@H]1[C@H](C(=O)OCCOC)[C@H]2C=C(C)[C@@H]1CC2C(C)C. The van der Waals surface area contributed by atoms with Crippen molar-refractivity contribution in [3.63, 3.8) is 0 Å². The molecule has 3 aliphatic carbocycles. The van der Waals surface area contributed by atoms with E-state index in [1.807, 2.05) is 0 Å². The molecule has 1 unspecified atom stereocenters. The van der Waals surface area contributed by atoms with Gasteiger partial charge in [-0.1, -0.05) is 25.5 Å². The summed E-state index contributed by atoms with van der Waals surface area (Å²) in [5.74, 6) is -0.764. The number of carbonyl (C=O) groups is 2. The third-order valence-electron chi connectivity index (χ3n) is 5.76. The third kappa shape index (κ3) is 4.46. The minimum atomic E-state index is -0.489. The Morgan fingerprint density at radius 3 is 2.04 bits per heavy atom. The monoisotopic (exact) mass is 368 g/mol. The zero-order valence-corrected chi connectivity index (χ0v) is 16.5. The Hall–Kier alpha value is -1.40. The molecule has 1 fully saturated rings. The number of carbonyl (C=O) groups excluding carboxylic acids is 2. The van der Waals surface area contributed by atoms with Crippen LogP contribution in [0.15, 0.2) is 11.6 Å². The maximum Gasteiger partial charge on any atom is 0.310 e. The summed E-state index contributed by atoms with van der Waals surface area (Å²) in [4.78, 5) is 25.6. The largest absolute Gasteiger partial charge is 0.463 e. The molecule has 0 aliphatic heterocycles. The van der Waals surface area contributed by atoms with E-state index in [1.54, 1.807) is 14.2 Å². The maximum atomic E-state index is 12.8. The van der Waals surface area contributed by atoms with Crippen molar-refractivity contribution in [3.05, 3.63) is 11.6 Å². The molecule has 26 heavy (non-hydrogen) atoms. The highest BCUT2D eigenvalue weighted by Crippen LogP contribution is 2.53. The van der Waals surface area contributed by atoms with Crippen molar-refractivity contribution in [1.29, 1.82) is 0 Å². The maximum absolute atomic E-state index is 12.8. The topological polar surface area (TPSA) is 71.1 Å². The lowest BCUT2D eigenvalue weighted by molar-refractivity contribution is -0.172. The van der Waals surface area contributed by atoms with Crippen LogP contribution in [0.2, 0.25) is 0 Å². The van der Waals surface area contributed by atoms with Crippen molar-refractivity contribution in [2.24, 2.45) is 35.5 Å². The number of hydrogen-bond donors (Lipinski definition) is 0. The van der Waals surface area contributed by atoms with E-state index in [0.717, 1.165) is 6.42 Å². The van der Waals surface area contributed by atoms with Gasteiger partial charge in [0.1, 0.15) is 13.2 Å². The fraction of sp³-hybridized carbons (Fsp3) is 0.800. The molecule has 2 bridgehead atoms. The van der Waals surface area contributed by atoms with Gasteiger partial charge in [0.25, 0.3) is 0 Å². The molecule has 6 nitrogen and oxygen atoms in total. The molecule has 0 aromatic heterocycles. The fourth-order valence-corrected chi connectivity index (χ4v) is 4.45. The first-order chi connectivity index (χ1) is 12.4. The average Bonchev–Trinajstić information content (AvgIpc) is 2.61. The number of allylic oxidation sites excluding steroid dienone is 2. The van der Waals surface area contributed by atoms with Gasteiger partial charge in [0, 0.05) is 14.2 Å². The van der Waals surface area contributed by atoms with Crippen LogP contribution in [-0.2, 0) is 28.5 Å². The van der Waals surface area contributed by atoms with Gasteiger partial charge in [0.2, 0.25) is 0 Å². The van der Waals surface area contributed by atoms with Crippen molar-refractivity contribution in [3.8, 4) is 0 Å². The van der Waals surface area contributed by atoms with Crippen LogP contribution in [0.3, 0.4) is 0 Å². The van der Waals surface area contributed by atoms with Gasteiger partial charge in [-0.2, -0.15) is 0 Å². The zero-order chi connectivity index (χ0) is 19.3. The highest BCUT2D eigenvalue weighted by Gasteiger charge is 2.55. The quantitative estimate of drug-likeness (QED) is 0.354. The molecule has 1 saturated carbocycles. The van der Waals surface area contributed by atoms with Gasteiger partial charge in [-0.15, -0.1) is 0 Å². The molecular weight excluding hydrogens is 336 g/mol. The number of esters is 2. The summed E-state index contributed by atoms with van der Waals surface area (Å²) in [7, 11) is 3.12. The van der Waals surface area contributed by atoms with Gasteiger partial charge in [-0.3, -0.25) is 9.59 Å². The molecule has 0 amide bonds. The van der Waals surface area contributed by atoms with Crippen LogP contribution in [0.5, 0.6) is 0 Å². The van der Waals surface area contributed by atoms with Crippen molar-refractivity contribution in [2.45, 2.75) is 27.2 Å². The highest BCUT2D eigenvalue weighted by atomic mass is 16.6. The lowest BCUT2D eigenvalue weighted by atomic mass is 9.53. The average molecular weight is 368 g/mol. The fourth-order valence-electron chi connectivity index (χ4n) is 4.45. The second-order valence-corrected chi connectivity index (χ2v) is 7.61. The smallest absolute Gasteiger partial charge is 0.310 e. The summed E-state index contributed by atoms with van der Waals surface area (Å²) >= 11 is 0. The van der Waals surface area contributed by atoms with Crippen LogP contribution < -0.4 is 0 Å². The number of ether oxygens (including phenoxy) is 4. The van der Waals surface area contributed by atoms with E-state index in [9.17, 15) is 9.59 Å². The summed E-state index contributed by atoms with van der Waals surface area (Å²) in [6.45, 7) is 7.49. The summed E-state index contributed by atoms with van der Waals surface area (Å²) in [6.07, 6.45) is 3.09. The summed E-state index contributed by atoms with van der Waals surface area (Å²) in [5, 5.41) is 0. The van der Waals surface area contributed by atoms with E-state index >= 15 is 0 Å². The lowest BCUT2D eigenvalue weighted by Gasteiger charge is -2.50. The van der Waals surface area contributed by atoms with E-state index in [2.05, 4.69) is 26.8 Å². The van der Waals surface area contributed by atoms with Gasteiger partial charge in [-0.25, -0.2) is 0 Å². The summed E-state index contributed by atoms with van der Waals surface area (Å²) < 4.78 is 20.7.